The van der Waals surface area contributed by atoms with E-state index in [9.17, 15) is 4.39 Å². The molecule has 4 heteroatoms. The van der Waals surface area contributed by atoms with Crippen molar-refractivity contribution in [3.05, 3.63) is 45.9 Å². The van der Waals surface area contributed by atoms with Gasteiger partial charge in [0.05, 0.1) is 5.69 Å². The van der Waals surface area contributed by atoms with Gasteiger partial charge in [-0.15, -0.1) is 11.3 Å². The van der Waals surface area contributed by atoms with E-state index < -0.39 is 0 Å². The summed E-state index contributed by atoms with van der Waals surface area (Å²) in [6.07, 6.45) is 1.00. The maximum atomic E-state index is 13.5. The molecular weight excluding hydrogens is 235 g/mol. The van der Waals surface area contributed by atoms with Gasteiger partial charge in [-0.1, -0.05) is 6.92 Å². The molecule has 0 aliphatic heterocycles. The molecule has 0 aliphatic rings. The Kier molecular flexibility index (Phi) is 3.64. The number of hydrogen-bond donors (Lipinski definition) is 2. The second-order valence-electron chi connectivity index (χ2n) is 3.82. The summed E-state index contributed by atoms with van der Waals surface area (Å²) in [5.74, 6) is -0.306. The Hall–Kier alpha value is -1.55. The van der Waals surface area contributed by atoms with Crippen molar-refractivity contribution >= 4 is 22.7 Å². The van der Waals surface area contributed by atoms with E-state index in [4.69, 9.17) is 5.73 Å². The highest BCUT2D eigenvalue weighted by Gasteiger charge is 2.05. The van der Waals surface area contributed by atoms with Crippen molar-refractivity contribution in [2.24, 2.45) is 0 Å². The van der Waals surface area contributed by atoms with Crippen LogP contribution in [0.15, 0.2) is 29.6 Å². The number of halogens is 1. The molecule has 0 fully saturated rings. The first kappa shape index (κ1) is 11.9. The second kappa shape index (κ2) is 5.19. The summed E-state index contributed by atoms with van der Waals surface area (Å²) in [6.45, 7) is 2.77. The zero-order valence-corrected chi connectivity index (χ0v) is 10.5. The van der Waals surface area contributed by atoms with Gasteiger partial charge in [0.25, 0.3) is 0 Å². The molecule has 0 bridgehead atoms. The molecule has 0 radical (unpaired) electrons. The highest BCUT2D eigenvalue weighted by atomic mass is 32.1. The van der Waals surface area contributed by atoms with Crippen LogP contribution in [0.1, 0.15) is 17.4 Å². The van der Waals surface area contributed by atoms with E-state index in [1.54, 1.807) is 23.5 Å². The van der Waals surface area contributed by atoms with Gasteiger partial charge in [-0.05, 0) is 41.6 Å². The molecule has 2 rings (SSSR count). The van der Waals surface area contributed by atoms with Crippen LogP contribution in [-0.4, -0.2) is 0 Å². The molecule has 1 aromatic carbocycles. The largest absolute Gasteiger partial charge is 0.399 e. The number of thiophene rings is 1. The predicted octanol–water partition coefficient (Wildman–Crippen LogP) is 3.64. The van der Waals surface area contributed by atoms with Crippen LogP contribution in [0.2, 0.25) is 0 Å². The fourth-order valence-electron chi connectivity index (χ4n) is 1.69. The number of rotatable bonds is 4. The number of benzene rings is 1. The molecule has 3 N–H and O–H groups in total. The van der Waals surface area contributed by atoms with Crippen LogP contribution in [-0.2, 0) is 13.0 Å². The molecule has 90 valence electrons. The molecule has 1 aromatic heterocycles. The van der Waals surface area contributed by atoms with Crippen LogP contribution in [0.3, 0.4) is 0 Å². The minimum atomic E-state index is -0.306. The molecule has 0 spiro atoms. The molecule has 0 atom stereocenters. The van der Waals surface area contributed by atoms with E-state index in [1.165, 1.54) is 16.5 Å². The van der Waals surface area contributed by atoms with Gasteiger partial charge in [-0.25, -0.2) is 4.39 Å². The highest BCUT2D eigenvalue weighted by Crippen LogP contribution is 2.21. The van der Waals surface area contributed by atoms with E-state index >= 15 is 0 Å². The van der Waals surface area contributed by atoms with Crippen molar-refractivity contribution in [1.82, 2.24) is 0 Å². The van der Waals surface area contributed by atoms with Gasteiger partial charge >= 0.3 is 0 Å². The summed E-state index contributed by atoms with van der Waals surface area (Å²) in [7, 11) is 0. The van der Waals surface area contributed by atoms with Crippen molar-refractivity contribution in [3.63, 3.8) is 0 Å². The third-order valence-electron chi connectivity index (χ3n) is 2.65. The summed E-state index contributed by atoms with van der Waals surface area (Å²) < 4.78 is 13.5. The zero-order valence-electron chi connectivity index (χ0n) is 9.66. The van der Waals surface area contributed by atoms with Crippen LogP contribution in [0.4, 0.5) is 15.8 Å². The van der Waals surface area contributed by atoms with Crippen LogP contribution >= 0.6 is 11.3 Å². The van der Waals surface area contributed by atoms with Gasteiger partial charge < -0.3 is 11.1 Å². The smallest absolute Gasteiger partial charge is 0.148 e. The van der Waals surface area contributed by atoms with Gasteiger partial charge in [0, 0.05) is 17.1 Å². The summed E-state index contributed by atoms with van der Waals surface area (Å²) in [5, 5.41) is 5.16. The topological polar surface area (TPSA) is 38.0 Å². The average Bonchev–Trinajstić information content (AvgIpc) is 2.75. The summed E-state index contributed by atoms with van der Waals surface area (Å²) in [5.41, 5.74) is 7.75. The lowest BCUT2D eigenvalue weighted by atomic mass is 10.2. The van der Waals surface area contributed by atoms with Crippen LogP contribution in [0.5, 0.6) is 0 Å². The maximum absolute atomic E-state index is 13.5. The quantitative estimate of drug-likeness (QED) is 0.813. The van der Waals surface area contributed by atoms with Crippen LogP contribution in [0, 0.1) is 5.82 Å². The van der Waals surface area contributed by atoms with Gasteiger partial charge in [-0.3, -0.25) is 0 Å². The van der Waals surface area contributed by atoms with Gasteiger partial charge in [-0.2, -0.15) is 0 Å². The molecular formula is C13H15FN2S. The van der Waals surface area contributed by atoms with E-state index in [0.29, 0.717) is 17.9 Å². The Bertz CT molecular complexity index is 508. The lowest BCUT2D eigenvalue weighted by molar-refractivity contribution is 0.631. The third kappa shape index (κ3) is 2.77. The monoisotopic (exact) mass is 250 g/mol. The molecule has 1 heterocycles. The van der Waals surface area contributed by atoms with E-state index in [-0.39, 0.29) is 5.82 Å². The van der Waals surface area contributed by atoms with Crippen molar-refractivity contribution < 1.29 is 4.39 Å². The van der Waals surface area contributed by atoms with Crippen molar-refractivity contribution in [1.29, 1.82) is 0 Å². The first-order valence-electron chi connectivity index (χ1n) is 5.55. The van der Waals surface area contributed by atoms with Gasteiger partial charge in [0.2, 0.25) is 0 Å². The molecule has 0 aliphatic carbocycles. The first-order chi connectivity index (χ1) is 8.20. The predicted molar refractivity (Wildman–Crippen MR) is 71.8 cm³/mol. The van der Waals surface area contributed by atoms with E-state index in [2.05, 4.69) is 23.7 Å². The van der Waals surface area contributed by atoms with Crippen molar-refractivity contribution in [2.75, 3.05) is 11.1 Å². The molecule has 2 aromatic rings. The molecule has 2 nitrogen and oxygen atoms in total. The van der Waals surface area contributed by atoms with Gasteiger partial charge in [0.15, 0.2) is 0 Å². The highest BCUT2D eigenvalue weighted by molar-refractivity contribution is 7.10. The Morgan fingerprint density at radius 3 is 2.88 bits per heavy atom. The number of nitrogen functional groups attached to an aromatic ring is 1. The molecule has 0 amide bonds. The molecule has 0 unspecified atom stereocenters. The van der Waals surface area contributed by atoms with E-state index in [1.807, 2.05) is 0 Å². The maximum Gasteiger partial charge on any atom is 0.148 e. The minimum Gasteiger partial charge on any atom is -0.399 e. The lowest BCUT2D eigenvalue weighted by Gasteiger charge is -2.08. The van der Waals surface area contributed by atoms with Crippen molar-refractivity contribution in [3.8, 4) is 0 Å². The number of nitrogens with one attached hydrogen (secondary N) is 1. The first-order valence-corrected chi connectivity index (χ1v) is 6.42. The zero-order chi connectivity index (χ0) is 12.3. The van der Waals surface area contributed by atoms with Crippen LogP contribution in [0.25, 0.3) is 0 Å². The van der Waals surface area contributed by atoms with Gasteiger partial charge in [0.1, 0.15) is 5.82 Å². The van der Waals surface area contributed by atoms with Crippen LogP contribution < -0.4 is 11.1 Å². The normalized spacial score (nSPS) is 10.5. The molecule has 0 saturated heterocycles. The number of anilines is 2. The number of aryl methyl sites for hydroxylation is 1. The molecule has 0 saturated carbocycles. The lowest BCUT2D eigenvalue weighted by Crippen LogP contribution is -2.02. The Morgan fingerprint density at radius 1 is 1.35 bits per heavy atom. The minimum absolute atomic E-state index is 0.306. The Morgan fingerprint density at radius 2 is 2.18 bits per heavy atom. The number of hydrogen-bond acceptors (Lipinski definition) is 3. The SMILES string of the molecule is CCc1ccsc1CNc1ccc(N)cc1F. The summed E-state index contributed by atoms with van der Waals surface area (Å²) in [6, 6.07) is 6.81. The summed E-state index contributed by atoms with van der Waals surface area (Å²) in [4.78, 5) is 1.25. The third-order valence-corrected chi connectivity index (χ3v) is 3.61. The molecule has 17 heavy (non-hydrogen) atoms. The summed E-state index contributed by atoms with van der Waals surface area (Å²) >= 11 is 1.69. The number of nitrogens with two attached hydrogens (primary N) is 1. The Balaban J connectivity index is 2.07. The Labute approximate surface area is 104 Å². The second-order valence-corrected chi connectivity index (χ2v) is 4.82. The standard InChI is InChI=1S/C13H15FN2S/c1-2-9-5-6-17-13(9)8-16-12-4-3-10(15)7-11(12)14/h3-7,16H,2,8,15H2,1H3. The van der Waals surface area contributed by atoms with Crippen molar-refractivity contribution in [2.45, 2.75) is 19.9 Å². The average molecular weight is 250 g/mol. The van der Waals surface area contributed by atoms with E-state index in [0.717, 1.165) is 6.42 Å². The fraction of sp³-hybridized carbons (Fsp3) is 0.231. The fourth-order valence-corrected chi connectivity index (χ4v) is 2.60.